The normalized spacial score (nSPS) is 11.8. The summed E-state index contributed by atoms with van der Waals surface area (Å²) in [6.07, 6.45) is -0.626. The average molecular weight is 605 g/mol. The Morgan fingerprint density at radius 2 is 1.04 bits per heavy atom. The molecule has 228 valence electrons. The second-order valence-corrected chi connectivity index (χ2v) is 11.6. The molecular formula is C42H36O4. The first-order valence-corrected chi connectivity index (χ1v) is 15.4. The third-order valence-corrected chi connectivity index (χ3v) is 8.03. The molecule has 0 radical (unpaired) electrons. The summed E-state index contributed by atoms with van der Waals surface area (Å²) in [4.78, 5) is 13.8. The van der Waals surface area contributed by atoms with Crippen LogP contribution in [0.25, 0.3) is 11.1 Å². The lowest BCUT2D eigenvalue weighted by Crippen LogP contribution is -2.30. The smallest absolute Gasteiger partial charge is 0.339 e. The molecular weight excluding hydrogens is 568 g/mol. The number of rotatable bonds is 10. The van der Waals surface area contributed by atoms with Crippen molar-refractivity contribution in [2.24, 2.45) is 0 Å². The lowest BCUT2D eigenvalue weighted by atomic mass is 9.88. The standard InChI is InChI=1S/C42H36O4/c1-30-19-23-38(24-20-30)44-41(33-13-7-4-8-14-33)45-39-25-21-32(22-26-39)34-27-31(2)28-35(29-34)40(43)46-42(3,36-15-9-5-10-16-36)37-17-11-6-12-18-37/h4-29,41H,1-3H3. The van der Waals surface area contributed by atoms with Crippen LogP contribution in [0.1, 0.15) is 51.4 Å². The Bertz CT molecular complexity index is 1840. The molecule has 0 aliphatic heterocycles. The number of aryl methyl sites for hydroxylation is 2. The zero-order valence-corrected chi connectivity index (χ0v) is 26.2. The highest BCUT2D eigenvalue weighted by molar-refractivity contribution is 5.92. The molecule has 1 atom stereocenters. The highest BCUT2D eigenvalue weighted by Crippen LogP contribution is 2.35. The lowest BCUT2D eigenvalue weighted by molar-refractivity contribution is 0.00370. The van der Waals surface area contributed by atoms with Gasteiger partial charge in [0, 0.05) is 5.56 Å². The fraction of sp³-hybridized carbons (Fsp3) is 0.119. The van der Waals surface area contributed by atoms with Crippen molar-refractivity contribution in [3.63, 3.8) is 0 Å². The fourth-order valence-electron chi connectivity index (χ4n) is 5.47. The van der Waals surface area contributed by atoms with Gasteiger partial charge in [0.1, 0.15) is 11.5 Å². The van der Waals surface area contributed by atoms with Gasteiger partial charge in [-0.1, -0.05) is 127 Å². The molecule has 0 amide bonds. The molecule has 0 saturated carbocycles. The largest absolute Gasteiger partial charge is 0.451 e. The maximum Gasteiger partial charge on any atom is 0.339 e. The van der Waals surface area contributed by atoms with Crippen LogP contribution in [0.4, 0.5) is 0 Å². The van der Waals surface area contributed by atoms with Crippen molar-refractivity contribution in [3.8, 4) is 22.6 Å². The van der Waals surface area contributed by atoms with Gasteiger partial charge in [-0.3, -0.25) is 0 Å². The van der Waals surface area contributed by atoms with Gasteiger partial charge in [-0.05, 0) is 85.0 Å². The summed E-state index contributed by atoms with van der Waals surface area (Å²) in [6, 6.07) is 51.1. The number of hydrogen-bond donors (Lipinski definition) is 0. The molecule has 6 rings (SSSR count). The van der Waals surface area contributed by atoms with E-state index < -0.39 is 11.9 Å². The van der Waals surface area contributed by atoms with Crippen molar-refractivity contribution in [2.45, 2.75) is 32.7 Å². The van der Waals surface area contributed by atoms with E-state index in [1.807, 2.05) is 172 Å². The van der Waals surface area contributed by atoms with Crippen molar-refractivity contribution >= 4 is 5.97 Å². The summed E-state index contributed by atoms with van der Waals surface area (Å²) < 4.78 is 18.9. The molecule has 6 aromatic rings. The van der Waals surface area contributed by atoms with Crippen LogP contribution in [-0.2, 0) is 10.3 Å². The molecule has 0 N–H and O–H groups in total. The third-order valence-electron chi connectivity index (χ3n) is 8.03. The minimum absolute atomic E-state index is 0.390. The molecule has 0 saturated heterocycles. The topological polar surface area (TPSA) is 44.8 Å². The van der Waals surface area contributed by atoms with Crippen LogP contribution in [-0.4, -0.2) is 5.97 Å². The first-order chi connectivity index (χ1) is 22.4. The number of ether oxygens (including phenoxy) is 3. The highest BCUT2D eigenvalue weighted by atomic mass is 16.7. The van der Waals surface area contributed by atoms with E-state index in [2.05, 4.69) is 6.07 Å². The number of benzene rings is 6. The Kier molecular flexibility index (Phi) is 8.98. The minimum atomic E-state index is -0.960. The monoisotopic (exact) mass is 604 g/mol. The van der Waals surface area contributed by atoms with Gasteiger partial charge < -0.3 is 14.2 Å². The maximum atomic E-state index is 13.8. The van der Waals surface area contributed by atoms with E-state index in [9.17, 15) is 4.79 Å². The summed E-state index contributed by atoms with van der Waals surface area (Å²) in [5.41, 5.74) is 6.23. The van der Waals surface area contributed by atoms with Crippen molar-refractivity contribution in [1.82, 2.24) is 0 Å². The minimum Gasteiger partial charge on any atom is -0.451 e. The van der Waals surface area contributed by atoms with Gasteiger partial charge in [0.05, 0.1) is 5.56 Å². The summed E-state index contributed by atoms with van der Waals surface area (Å²) in [7, 11) is 0. The molecule has 46 heavy (non-hydrogen) atoms. The highest BCUT2D eigenvalue weighted by Gasteiger charge is 2.33. The molecule has 1 unspecified atom stereocenters. The summed E-state index contributed by atoms with van der Waals surface area (Å²) >= 11 is 0. The third kappa shape index (κ3) is 7.03. The fourth-order valence-corrected chi connectivity index (χ4v) is 5.47. The lowest BCUT2D eigenvalue weighted by Gasteiger charge is -2.31. The van der Waals surface area contributed by atoms with Gasteiger partial charge in [0.15, 0.2) is 5.60 Å². The number of hydrogen-bond acceptors (Lipinski definition) is 4. The van der Waals surface area contributed by atoms with Crippen LogP contribution in [0.3, 0.4) is 0 Å². The van der Waals surface area contributed by atoms with Crippen LogP contribution in [0, 0.1) is 13.8 Å². The van der Waals surface area contributed by atoms with Crippen molar-refractivity contribution in [3.05, 3.63) is 191 Å². The van der Waals surface area contributed by atoms with E-state index in [-0.39, 0.29) is 5.97 Å². The van der Waals surface area contributed by atoms with Gasteiger partial charge in [0.2, 0.25) is 0 Å². The number of carbonyl (C=O) groups excluding carboxylic acids is 1. The first kappa shape index (κ1) is 30.4. The summed E-state index contributed by atoms with van der Waals surface area (Å²) in [5.74, 6) is 1.00. The van der Waals surface area contributed by atoms with E-state index in [0.717, 1.165) is 44.7 Å². The second-order valence-electron chi connectivity index (χ2n) is 11.6. The Balaban J connectivity index is 1.24. The Morgan fingerprint density at radius 3 is 1.59 bits per heavy atom. The number of esters is 1. The van der Waals surface area contributed by atoms with Gasteiger partial charge >= 0.3 is 5.97 Å². The van der Waals surface area contributed by atoms with Gasteiger partial charge in [-0.2, -0.15) is 0 Å². The quantitative estimate of drug-likeness (QED) is 0.115. The molecule has 0 fully saturated rings. The van der Waals surface area contributed by atoms with Crippen molar-refractivity contribution < 1.29 is 19.0 Å². The van der Waals surface area contributed by atoms with E-state index in [1.165, 1.54) is 0 Å². The van der Waals surface area contributed by atoms with Crippen LogP contribution in [0.2, 0.25) is 0 Å². The van der Waals surface area contributed by atoms with Crippen LogP contribution in [0.15, 0.2) is 158 Å². The Labute approximate surface area is 270 Å². The van der Waals surface area contributed by atoms with Gasteiger partial charge in [-0.25, -0.2) is 4.79 Å². The van der Waals surface area contributed by atoms with E-state index in [0.29, 0.717) is 11.3 Å². The molecule has 0 aliphatic rings. The summed E-state index contributed by atoms with van der Waals surface area (Å²) in [5, 5.41) is 0. The van der Waals surface area contributed by atoms with Crippen molar-refractivity contribution in [2.75, 3.05) is 0 Å². The number of carbonyl (C=O) groups is 1. The van der Waals surface area contributed by atoms with Gasteiger partial charge in [0.25, 0.3) is 6.29 Å². The predicted molar refractivity (Wildman–Crippen MR) is 183 cm³/mol. The van der Waals surface area contributed by atoms with E-state index >= 15 is 0 Å². The van der Waals surface area contributed by atoms with Crippen LogP contribution in [0.5, 0.6) is 11.5 Å². The second kappa shape index (κ2) is 13.6. The molecule has 6 aromatic carbocycles. The average Bonchev–Trinajstić information content (AvgIpc) is 3.10. The molecule has 0 bridgehead atoms. The maximum absolute atomic E-state index is 13.8. The van der Waals surface area contributed by atoms with Gasteiger partial charge in [-0.15, -0.1) is 0 Å². The van der Waals surface area contributed by atoms with Crippen LogP contribution < -0.4 is 9.47 Å². The molecule has 0 heterocycles. The van der Waals surface area contributed by atoms with Crippen molar-refractivity contribution in [1.29, 1.82) is 0 Å². The van der Waals surface area contributed by atoms with E-state index in [4.69, 9.17) is 14.2 Å². The molecule has 4 nitrogen and oxygen atoms in total. The van der Waals surface area contributed by atoms with Crippen LogP contribution >= 0.6 is 0 Å². The summed E-state index contributed by atoms with van der Waals surface area (Å²) in [6.45, 7) is 5.97. The predicted octanol–water partition coefficient (Wildman–Crippen LogP) is 10.2. The Morgan fingerprint density at radius 1 is 0.543 bits per heavy atom. The first-order valence-electron chi connectivity index (χ1n) is 15.4. The molecule has 0 aliphatic carbocycles. The zero-order chi connectivity index (χ0) is 31.9. The SMILES string of the molecule is Cc1ccc(OC(Oc2ccc(-c3cc(C)cc(C(=O)OC(C)(c4ccccc4)c4ccccc4)c3)cc2)c2ccccc2)cc1. The zero-order valence-electron chi connectivity index (χ0n) is 26.2. The molecule has 0 spiro atoms. The Hall–Kier alpha value is -5.61. The molecule has 4 heteroatoms. The van der Waals surface area contributed by atoms with E-state index in [1.54, 1.807) is 0 Å². The molecule has 0 aromatic heterocycles.